The van der Waals surface area contributed by atoms with Crippen LogP contribution in [-0.2, 0) is 11.4 Å². The number of nitrogens with zero attached hydrogens (tertiary/aromatic N) is 1. The van der Waals surface area contributed by atoms with Crippen LogP contribution < -0.4 is 14.4 Å². The Labute approximate surface area is 210 Å². The fourth-order valence-corrected chi connectivity index (χ4v) is 4.68. The van der Waals surface area contributed by atoms with Gasteiger partial charge in [-0.05, 0) is 66.6 Å². The molecule has 0 N–H and O–H groups in total. The Morgan fingerprint density at radius 3 is 2.50 bits per heavy atom. The summed E-state index contributed by atoms with van der Waals surface area (Å²) in [4.78, 5) is 14.7. The van der Waals surface area contributed by atoms with Crippen LogP contribution in [0, 0.1) is 11.6 Å². The van der Waals surface area contributed by atoms with E-state index in [0.29, 0.717) is 33.0 Å². The molecule has 174 valence electrons. The van der Waals surface area contributed by atoms with Crippen molar-refractivity contribution in [3.63, 3.8) is 0 Å². The molecule has 1 saturated heterocycles. The highest BCUT2D eigenvalue weighted by atomic mass is 35.5. The molecule has 9 heteroatoms. The van der Waals surface area contributed by atoms with Crippen molar-refractivity contribution in [3.05, 3.63) is 93.4 Å². The maximum Gasteiger partial charge on any atom is 0.270 e. The minimum atomic E-state index is -0.573. The van der Waals surface area contributed by atoms with E-state index in [1.165, 1.54) is 35.2 Å². The lowest BCUT2D eigenvalue weighted by Gasteiger charge is -2.15. The van der Waals surface area contributed by atoms with Gasteiger partial charge in [0.05, 0.1) is 22.2 Å². The molecule has 1 fully saturated rings. The SMILES string of the molecule is CCOc1cc(/C=C2\SC(=S)N(c3ccc(F)c(Cl)c3)C2=O)ccc1OCc1ccc(F)cc1. The molecule has 34 heavy (non-hydrogen) atoms. The van der Waals surface area contributed by atoms with E-state index in [4.69, 9.17) is 33.3 Å². The highest BCUT2D eigenvalue weighted by molar-refractivity contribution is 8.27. The van der Waals surface area contributed by atoms with E-state index < -0.39 is 5.82 Å². The van der Waals surface area contributed by atoms with E-state index in [1.54, 1.807) is 36.4 Å². The van der Waals surface area contributed by atoms with Gasteiger partial charge in [-0.15, -0.1) is 0 Å². The maximum atomic E-state index is 13.5. The third-order valence-electron chi connectivity index (χ3n) is 4.83. The van der Waals surface area contributed by atoms with Crippen molar-refractivity contribution in [3.8, 4) is 11.5 Å². The number of thiocarbonyl (C=S) groups is 1. The molecule has 3 aromatic rings. The van der Waals surface area contributed by atoms with Crippen LogP contribution in [0.5, 0.6) is 11.5 Å². The summed E-state index contributed by atoms with van der Waals surface area (Å²) in [5.41, 5.74) is 1.93. The number of hydrogen-bond acceptors (Lipinski definition) is 5. The molecule has 0 aromatic heterocycles. The van der Waals surface area contributed by atoms with E-state index in [1.807, 2.05) is 6.92 Å². The van der Waals surface area contributed by atoms with Gasteiger partial charge in [-0.3, -0.25) is 9.69 Å². The molecule has 4 rings (SSSR count). The third-order valence-corrected chi connectivity index (χ3v) is 6.42. The number of benzene rings is 3. The summed E-state index contributed by atoms with van der Waals surface area (Å²) >= 11 is 12.4. The van der Waals surface area contributed by atoms with Gasteiger partial charge in [0.1, 0.15) is 18.2 Å². The predicted molar refractivity (Wildman–Crippen MR) is 135 cm³/mol. The third kappa shape index (κ3) is 5.41. The predicted octanol–water partition coefficient (Wildman–Crippen LogP) is 7.00. The molecule has 0 atom stereocenters. The Balaban J connectivity index is 1.55. The van der Waals surface area contributed by atoms with E-state index in [2.05, 4.69) is 0 Å². The standard InChI is InChI=1S/C25H18ClF2NO3S2/c1-2-31-22-11-16(5-10-21(22)32-14-15-3-6-17(27)7-4-15)12-23-24(30)29(25(33)34-23)18-8-9-20(28)19(26)13-18/h3-13H,2,14H2,1H3/b23-12-. The highest BCUT2D eigenvalue weighted by Crippen LogP contribution is 2.38. The molecule has 1 heterocycles. The fraction of sp³-hybridized carbons (Fsp3) is 0.120. The first-order valence-corrected chi connectivity index (χ1v) is 11.8. The van der Waals surface area contributed by atoms with E-state index >= 15 is 0 Å². The normalized spacial score (nSPS) is 14.7. The number of anilines is 1. The average Bonchev–Trinajstić information content (AvgIpc) is 3.09. The summed E-state index contributed by atoms with van der Waals surface area (Å²) in [6.07, 6.45) is 1.71. The van der Waals surface area contributed by atoms with Gasteiger partial charge >= 0.3 is 0 Å². The molecule has 1 amide bonds. The molecule has 3 aromatic carbocycles. The molecule has 0 spiro atoms. The van der Waals surface area contributed by atoms with Crippen molar-refractivity contribution < 1.29 is 23.0 Å². The number of carbonyl (C=O) groups excluding carboxylic acids is 1. The van der Waals surface area contributed by atoms with Gasteiger partial charge in [0.2, 0.25) is 0 Å². The lowest BCUT2D eigenvalue weighted by atomic mass is 10.1. The minimum Gasteiger partial charge on any atom is -0.490 e. The van der Waals surface area contributed by atoms with Gasteiger partial charge in [-0.25, -0.2) is 8.78 Å². The van der Waals surface area contributed by atoms with Crippen molar-refractivity contribution >= 4 is 57.6 Å². The summed E-state index contributed by atoms with van der Waals surface area (Å²) < 4.78 is 38.5. The van der Waals surface area contributed by atoms with Crippen LogP contribution >= 0.6 is 35.6 Å². The molecule has 0 bridgehead atoms. The van der Waals surface area contributed by atoms with E-state index in [0.717, 1.165) is 22.9 Å². The Morgan fingerprint density at radius 2 is 1.79 bits per heavy atom. The summed E-state index contributed by atoms with van der Waals surface area (Å²) in [5, 5.41) is -0.0897. The second-order valence-electron chi connectivity index (χ2n) is 7.17. The number of halogens is 3. The highest BCUT2D eigenvalue weighted by Gasteiger charge is 2.33. The van der Waals surface area contributed by atoms with Crippen LogP contribution in [0.4, 0.5) is 14.5 Å². The summed E-state index contributed by atoms with van der Waals surface area (Å²) in [5.74, 6) is -0.170. The fourth-order valence-electron chi connectivity index (χ4n) is 3.21. The number of thioether (sulfide) groups is 1. The monoisotopic (exact) mass is 517 g/mol. The molecule has 0 unspecified atom stereocenters. The minimum absolute atomic E-state index is 0.0897. The maximum absolute atomic E-state index is 13.5. The van der Waals surface area contributed by atoms with Crippen LogP contribution in [0.1, 0.15) is 18.1 Å². The Kier molecular flexibility index (Phi) is 7.50. The van der Waals surface area contributed by atoms with Crippen molar-refractivity contribution in [1.82, 2.24) is 0 Å². The first-order chi connectivity index (χ1) is 16.4. The number of carbonyl (C=O) groups is 1. The molecule has 1 aliphatic rings. The number of amides is 1. The lowest BCUT2D eigenvalue weighted by molar-refractivity contribution is -0.113. The van der Waals surface area contributed by atoms with Crippen LogP contribution in [0.3, 0.4) is 0 Å². The topological polar surface area (TPSA) is 38.8 Å². The first-order valence-electron chi connectivity index (χ1n) is 10.2. The summed E-state index contributed by atoms with van der Waals surface area (Å²) in [6.45, 7) is 2.53. The van der Waals surface area contributed by atoms with Gasteiger partial charge in [-0.2, -0.15) is 0 Å². The molecular weight excluding hydrogens is 500 g/mol. The van der Waals surface area contributed by atoms with Crippen LogP contribution in [0.15, 0.2) is 65.6 Å². The first kappa shape index (κ1) is 24.2. The Morgan fingerprint density at radius 1 is 1.03 bits per heavy atom. The largest absolute Gasteiger partial charge is 0.490 e. The summed E-state index contributed by atoms with van der Waals surface area (Å²) in [6, 6.07) is 15.4. The smallest absolute Gasteiger partial charge is 0.270 e. The second kappa shape index (κ2) is 10.5. The van der Waals surface area contributed by atoms with Gasteiger partial charge in [0.15, 0.2) is 15.8 Å². The molecular formula is C25H18ClF2NO3S2. The van der Waals surface area contributed by atoms with Crippen LogP contribution in [0.25, 0.3) is 6.08 Å². The molecule has 0 radical (unpaired) electrons. The molecule has 4 nitrogen and oxygen atoms in total. The van der Waals surface area contributed by atoms with Crippen LogP contribution in [0.2, 0.25) is 5.02 Å². The van der Waals surface area contributed by atoms with Gasteiger partial charge < -0.3 is 9.47 Å². The molecule has 0 saturated carbocycles. The van der Waals surface area contributed by atoms with Gasteiger partial charge in [0.25, 0.3) is 5.91 Å². The zero-order chi connectivity index (χ0) is 24.2. The van der Waals surface area contributed by atoms with Gasteiger partial charge in [0, 0.05) is 0 Å². The zero-order valence-electron chi connectivity index (χ0n) is 17.9. The molecule has 1 aliphatic heterocycles. The summed E-state index contributed by atoms with van der Waals surface area (Å²) in [7, 11) is 0. The van der Waals surface area contributed by atoms with Crippen LogP contribution in [-0.4, -0.2) is 16.8 Å². The van der Waals surface area contributed by atoms with E-state index in [9.17, 15) is 13.6 Å². The number of ether oxygens (including phenoxy) is 2. The Hall–Kier alpha value is -2.94. The number of rotatable bonds is 7. The van der Waals surface area contributed by atoms with Crippen molar-refractivity contribution in [2.75, 3.05) is 11.5 Å². The zero-order valence-corrected chi connectivity index (χ0v) is 20.3. The average molecular weight is 518 g/mol. The lowest BCUT2D eigenvalue weighted by Crippen LogP contribution is -2.27. The van der Waals surface area contributed by atoms with Crippen molar-refractivity contribution in [2.45, 2.75) is 13.5 Å². The number of hydrogen-bond donors (Lipinski definition) is 0. The molecule has 0 aliphatic carbocycles. The quantitative estimate of drug-likeness (QED) is 0.249. The van der Waals surface area contributed by atoms with Crippen molar-refractivity contribution in [1.29, 1.82) is 0 Å². The Bertz CT molecular complexity index is 1280. The van der Waals surface area contributed by atoms with Crippen molar-refractivity contribution in [2.24, 2.45) is 0 Å². The second-order valence-corrected chi connectivity index (χ2v) is 9.25. The van der Waals surface area contributed by atoms with E-state index in [-0.39, 0.29) is 23.4 Å². The van der Waals surface area contributed by atoms with Gasteiger partial charge in [-0.1, -0.05) is 53.8 Å².